The van der Waals surface area contributed by atoms with Crippen molar-refractivity contribution in [2.24, 2.45) is 0 Å². The Kier molecular flexibility index (Phi) is 5.45. The van der Waals surface area contributed by atoms with Crippen LogP contribution in [-0.2, 0) is 13.0 Å². The van der Waals surface area contributed by atoms with Crippen LogP contribution < -0.4 is 10.1 Å². The molecule has 0 aliphatic heterocycles. The van der Waals surface area contributed by atoms with E-state index in [1.165, 1.54) is 11.1 Å². The van der Waals surface area contributed by atoms with Crippen molar-refractivity contribution in [3.8, 4) is 5.75 Å². The predicted molar refractivity (Wildman–Crippen MR) is 84.6 cm³/mol. The quantitative estimate of drug-likeness (QED) is 0.812. The van der Waals surface area contributed by atoms with Gasteiger partial charge in [0.25, 0.3) is 0 Å². The second-order valence-corrected chi connectivity index (χ2v) is 5.27. The molecule has 0 fully saturated rings. The Balaban J connectivity index is 1.79. The summed E-state index contributed by atoms with van der Waals surface area (Å²) in [6.45, 7) is 3.78. The minimum Gasteiger partial charge on any atom is -0.497 e. The van der Waals surface area contributed by atoms with Crippen LogP contribution in [0.5, 0.6) is 5.75 Å². The summed E-state index contributed by atoms with van der Waals surface area (Å²) < 4.78 is 5.22. The van der Waals surface area contributed by atoms with Crippen molar-refractivity contribution in [3.05, 3.63) is 64.2 Å². The molecule has 0 atom stereocenters. The van der Waals surface area contributed by atoms with Gasteiger partial charge in [-0.1, -0.05) is 35.9 Å². The highest BCUT2D eigenvalue weighted by Gasteiger charge is 1.99. The van der Waals surface area contributed by atoms with Crippen LogP contribution in [0.25, 0.3) is 0 Å². The molecule has 0 aromatic heterocycles. The maximum absolute atomic E-state index is 6.11. The highest BCUT2D eigenvalue weighted by atomic mass is 35.5. The molecule has 2 aromatic rings. The second-order valence-electron chi connectivity index (χ2n) is 4.86. The van der Waals surface area contributed by atoms with Gasteiger partial charge in [0.2, 0.25) is 0 Å². The largest absolute Gasteiger partial charge is 0.497 e. The molecule has 0 amide bonds. The Labute approximate surface area is 125 Å². The van der Waals surface area contributed by atoms with Crippen LogP contribution in [0, 0.1) is 6.92 Å². The monoisotopic (exact) mass is 289 g/mol. The van der Waals surface area contributed by atoms with E-state index in [0.717, 1.165) is 35.8 Å². The van der Waals surface area contributed by atoms with E-state index in [0.29, 0.717) is 0 Å². The number of rotatable bonds is 6. The molecule has 106 valence electrons. The Morgan fingerprint density at radius 3 is 2.70 bits per heavy atom. The van der Waals surface area contributed by atoms with Crippen LogP contribution in [0.1, 0.15) is 16.7 Å². The van der Waals surface area contributed by atoms with Gasteiger partial charge in [0, 0.05) is 11.6 Å². The minimum absolute atomic E-state index is 0.831. The number of hydrogen-bond donors (Lipinski definition) is 1. The number of methoxy groups -OCH3 is 1. The molecule has 0 bridgehead atoms. The van der Waals surface area contributed by atoms with Gasteiger partial charge in [0.1, 0.15) is 5.75 Å². The molecule has 2 nitrogen and oxygen atoms in total. The summed E-state index contributed by atoms with van der Waals surface area (Å²) in [7, 11) is 1.69. The average molecular weight is 290 g/mol. The predicted octanol–water partition coefficient (Wildman–Crippen LogP) is 3.99. The van der Waals surface area contributed by atoms with Crippen LogP contribution in [0.2, 0.25) is 5.02 Å². The maximum Gasteiger partial charge on any atom is 0.119 e. The summed E-state index contributed by atoms with van der Waals surface area (Å²) in [6, 6.07) is 14.4. The highest BCUT2D eigenvalue weighted by Crippen LogP contribution is 2.16. The summed E-state index contributed by atoms with van der Waals surface area (Å²) in [5.74, 6) is 0.910. The minimum atomic E-state index is 0.831. The van der Waals surface area contributed by atoms with Crippen LogP contribution in [0.4, 0.5) is 0 Å². The molecule has 0 saturated heterocycles. The van der Waals surface area contributed by atoms with Crippen molar-refractivity contribution >= 4 is 11.6 Å². The zero-order valence-electron chi connectivity index (χ0n) is 11.9. The van der Waals surface area contributed by atoms with Crippen LogP contribution >= 0.6 is 11.6 Å². The fourth-order valence-electron chi connectivity index (χ4n) is 2.04. The summed E-state index contributed by atoms with van der Waals surface area (Å²) in [5.41, 5.74) is 3.61. The lowest BCUT2D eigenvalue weighted by Gasteiger charge is -2.07. The van der Waals surface area contributed by atoms with Gasteiger partial charge in [-0.2, -0.15) is 0 Å². The molecule has 0 heterocycles. The Morgan fingerprint density at radius 2 is 1.95 bits per heavy atom. The first kappa shape index (κ1) is 14.9. The summed E-state index contributed by atoms with van der Waals surface area (Å²) in [5, 5.41) is 4.27. The Bertz CT molecular complexity index is 569. The average Bonchev–Trinajstić information content (AvgIpc) is 2.47. The third-order valence-electron chi connectivity index (χ3n) is 3.29. The molecule has 2 aromatic carbocycles. The van der Waals surface area contributed by atoms with Crippen molar-refractivity contribution < 1.29 is 4.74 Å². The molecular formula is C17H20ClNO. The fourth-order valence-corrected chi connectivity index (χ4v) is 2.24. The first-order chi connectivity index (χ1) is 9.69. The lowest BCUT2D eigenvalue weighted by atomic mass is 10.1. The Morgan fingerprint density at radius 1 is 1.10 bits per heavy atom. The van der Waals surface area contributed by atoms with Gasteiger partial charge in [-0.25, -0.2) is 0 Å². The van der Waals surface area contributed by atoms with Crippen LogP contribution in [-0.4, -0.2) is 13.7 Å². The first-order valence-electron chi connectivity index (χ1n) is 6.77. The molecule has 0 unspecified atom stereocenters. The van der Waals surface area contributed by atoms with E-state index in [4.69, 9.17) is 16.3 Å². The number of benzene rings is 2. The van der Waals surface area contributed by atoms with Crippen molar-refractivity contribution in [1.82, 2.24) is 5.32 Å². The molecule has 1 N–H and O–H groups in total. The van der Waals surface area contributed by atoms with Crippen LogP contribution in [0.3, 0.4) is 0 Å². The van der Waals surface area contributed by atoms with Gasteiger partial charge in [0.05, 0.1) is 7.11 Å². The van der Waals surface area contributed by atoms with Gasteiger partial charge in [-0.15, -0.1) is 0 Å². The summed E-state index contributed by atoms with van der Waals surface area (Å²) >= 11 is 6.11. The Hall–Kier alpha value is -1.51. The normalized spacial score (nSPS) is 10.6. The standard InChI is InChI=1S/C17H20ClNO/c1-13-6-7-15(11-17(13)18)12-19-9-8-14-4-3-5-16(10-14)20-2/h3-7,10-11,19H,8-9,12H2,1-2H3. The number of halogens is 1. The van der Waals surface area contributed by atoms with Crippen molar-refractivity contribution in [3.63, 3.8) is 0 Å². The number of nitrogens with one attached hydrogen (secondary N) is 1. The number of aryl methyl sites for hydroxylation is 1. The van der Waals surface area contributed by atoms with E-state index in [9.17, 15) is 0 Å². The highest BCUT2D eigenvalue weighted by molar-refractivity contribution is 6.31. The second kappa shape index (κ2) is 7.32. The maximum atomic E-state index is 6.11. The molecule has 0 radical (unpaired) electrons. The molecule has 0 aliphatic carbocycles. The molecule has 3 heteroatoms. The van der Waals surface area contributed by atoms with E-state index < -0.39 is 0 Å². The third kappa shape index (κ3) is 4.26. The summed E-state index contributed by atoms with van der Waals surface area (Å²) in [6.07, 6.45) is 0.983. The molecule has 20 heavy (non-hydrogen) atoms. The first-order valence-corrected chi connectivity index (χ1v) is 7.15. The van der Waals surface area contributed by atoms with Crippen molar-refractivity contribution in [1.29, 1.82) is 0 Å². The lowest BCUT2D eigenvalue weighted by Crippen LogP contribution is -2.16. The smallest absolute Gasteiger partial charge is 0.119 e. The van der Waals surface area contributed by atoms with Crippen LogP contribution in [0.15, 0.2) is 42.5 Å². The number of ether oxygens (including phenoxy) is 1. The zero-order valence-corrected chi connectivity index (χ0v) is 12.7. The van der Waals surface area contributed by atoms with Gasteiger partial charge >= 0.3 is 0 Å². The van der Waals surface area contributed by atoms with E-state index >= 15 is 0 Å². The zero-order chi connectivity index (χ0) is 14.4. The van der Waals surface area contributed by atoms with Gasteiger partial charge < -0.3 is 10.1 Å². The van der Waals surface area contributed by atoms with Gasteiger partial charge in [-0.05, 0) is 54.8 Å². The van der Waals surface area contributed by atoms with E-state index in [1.54, 1.807) is 7.11 Å². The van der Waals surface area contributed by atoms with Gasteiger partial charge in [0.15, 0.2) is 0 Å². The lowest BCUT2D eigenvalue weighted by molar-refractivity contribution is 0.414. The molecule has 0 spiro atoms. The third-order valence-corrected chi connectivity index (χ3v) is 3.70. The summed E-state index contributed by atoms with van der Waals surface area (Å²) in [4.78, 5) is 0. The van der Waals surface area contributed by atoms with E-state index in [-0.39, 0.29) is 0 Å². The molecule has 2 rings (SSSR count). The molecule has 0 aliphatic rings. The molecular weight excluding hydrogens is 270 g/mol. The van der Waals surface area contributed by atoms with Gasteiger partial charge in [-0.3, -0.25) is 0 Å². The van der Waals surface area contributed by atoms with E-state index in [1.807, 2.05) is 25.1 Å². The van der Waals surface area contributed by atoms with E-state index in [2.05, 4.69) is 29.6 Å². The SMILES string of the molecule is COc1cccc(CCNCc2ccc(C)c(Cl)c2)c1. The molecule has 0 saturated carbocycles. The number of hydrogen-bond acceptors (Lipinski definition) is 2. The van der Waals surface area contributed by atoms with Crippen molar-refractivity contribution in [2.45, 2.75) is 19.9 Å². The topological polar surface area (TPSA) is 21.3 Å². The van der Waals surface area contributed by atoms with Crippen molar-refractivity contribution in [2.75, 3.05) is 13.7 Å². The fraction of sp³-hybridized carbons (Fsp3) is 0.294.